The summed E-state index contributed by atoms with van der Waals surface area (Å²) < 4.78 is 8.02. The molecular weight excluding hydrogens is 342 g/mol. The molecule has 2 aromatic heterocycles. The van der Waals surface area contributed by atoms with Gasteiger partial charge in [0.05, 0.1) is 24.8 Å². The van der Waals surface area contributed by atoms with Crippen LogP contribution in [0.4, 0.5) is 5.82 Å². The zero-order chi connectivity index (χ0) is 17.2. The molecule has 1 aliphatic rings. The van der Waals surface area contributed by atoms with Crippen LogP contribution < -0.4 is 5.48 Å². The van der Waals surface area contributed by atoms with Gasteiger partial charge in [-0.3, -0.25) is 4.84 Å². The summed E-state index contributed by atoms with van der Waals surface area (Å²) in [6.07, 6.45) is 5.98. The molecule has 1 saturated heterocycles. The summed E-state index contributed by atoms with van der Waals surface area (Å²) in [4.78, 5) is 13.5. The van der Waals surface area contributed by atoms with E-state index in [1.807, 2.05) is 28.9 Å². The molecule has 0 aliphatic carbocycles. The first-order valence-electron chi connectivity index (χ1n) is 8.11. The van der Waals surface area contributed by atoms with Crippen molar-refractivity contribution < 1.29 is 9.57 Å². The van der Waals surface area contributed by atoms with Crippen molar-refractivity contribution in [1.82, 2.24) is 19.7 Å². The number of rotatable bonds is 5. The van der Waals surface area contributed by atoms with Gasteiger partial charge in [0.1, 0.15) is 6.33 Å². The first kappa shape index (κ1) is 16.3. The van der Waals surface area contributed by atoms with E-state index in [9.17, 15) is 0 Å². The fourth-order valence-electron chi connectivity index (χ4n) is 3.15. The minimum absolute atomic E-state index is 0.125. The van der Waals surface area contributed by atoms with E-state index >= 15 is 0 Å². The van der Waals surface area contributed by atoms with Crippen molar-refractivity contribution in [2.24, 2.45) is 0 Å². The third-order valence-corrected chi connectivity index (χ3v) is 4.58. The number of nitrogens with zero attached hydrogens (tertiary/aromatic N) is 4. The molecule has 0 spiro atoms. The lowest BCUT2D eigenvalue weighted by Crippen LogP contribution is -2.14. The smallest absolute Gasteiger partial charge is 0.166 e. The highest BCUT2D eigenvalue weighted by Gasteiger charge is 2.29. The van der Waals surface area contributed by atoms with Crippen molar-refractivity contribution >= 4 is 28.5 Å². The second-order valence-electron chi connectivity index (χ2n) is 5.98. The average molecular weight is 360 g/mol. The quantitative estimate of drug-likeness (QED) is 0.704. The zero-order valence-electron chi connectivity index (χ0n) is 13.7. The maximum Gasteiger partial charge on any atom is 0.166 e. The van der Waals surface area contributed by atoms with Crippen molar-refractivity contribution in [2.45, 2.75) is 31.6 Å². The number of benzene rings is 1. The van der Waals surface area contributed by atoms with Gasteiger partial charge in [-0.15, -0.1) is 0 Å². The molecule has 130 valence electrons. The number of nitrogens with one attached hydrogen (secondary N) is 1. The van der Waals surface area contributed by atoms with E-state index in [4.69, 9.17) is 21.2 Å². The van der Waals surface area contributed by atoms with Gasteiger partial charge in [0.25, 0.3) is 0 Å². The number of aromatic nitrogens is 4. The number of fused-ring (bicyclic) bond motifs is 1. The zero-order valence-corrected chi connectivity index (χ0v) is 14.5. The van der Waals surface area contributed by atoms with Gasteiger partial charge < -0.3 is 4.74 Å². The van der Waals surface area contributed by atoms with Crippen LogP contribution in [0.1, 0.15) is 24.6 Å². The number of hydrogen-bond donors (Lipinski definition) is 1. The molecule has 2 unspecified atom stereocenters. The predicted octanol–water partition coefficient (Wildman–Crippen LogP) is 3.37. The summed E-state index contributed by atoms with van der Waals surface area (Å²) in [6.45, 7) is 0. The lowest BCUT2D eigenvalue weighted by atomic mass is 10.1. The third-order valence-electron chi connectivity index (χ3n) is 4.32. The molecule has 25 heavy (non-hydrogen) atoms. The van der Waals surface area contributed by atoms with E-state index in [0.717, 1.165) is 35.3 Å². The van der Waals surface area contributed by atoms with Crippen LogP contribution >= 0.6 is 11.6 Å². The van der Waals surface area contributed by atoms with Gasteiger partial charge in [0.2, 0.25) is 0 Å². The number of ether oxygens (including phenoxy) is 1. The summed E-state index contributed by atoms with van der Waals surface area (Å²) in [7, 11) is 1.54. The summed E-state index contributed by atoms with van der Waals surface area (Å²) in [6, 6.07) is 7.90. The first-order chi connectivity index (χ1) is 12.2. The van der Waals surface area contributed by atoms with E-state index in [1.54, 1.807) is 13.3 Å². The molecule has 1 aliphatic heterocycles. The Labute approximate surface area is 149 Å². The Morgan fingerprint density at radius 3 is 2.92 bits per heavy atom. The third kappa shape index (κ3) is 3.30. The van der Waals surface area contributed by atoms with E-state index in [2.05, 4.69) is 20.5 Å². The Balaban J connectivity index is 1.51. The van der Waals surface area contributed by atoms with Gasteiger partial charge in [-0.1, -0.05) is 23.7 Å². The summed E-state index contributed by atoms with van der Waals surface area (Å²) in [5.74, 6) is 0.592. The molecule has 0 saturated carbocycles. The van der Waals surface area contributed by atoms with Gasteiger partial charge >= 0.3 is 0 Å². The molecular formula is C17H18ClN5O2. The van der Waals surface area contributed by atoms with Crippen molar-refractivity contribution in [1.29, 1.82) is 0 Å². The van der Waals surface area contributed by atoms with Crippen molar-refractivity contribution in [3.05, 3.63) is 47.4 Å². The second kappa shape index (κ2) is 6.95. The summed E-state index contributed by atoms with van der Waals surface area (Å²) in [5, 5.41) is 6.00. The summed E-state index contributed by atoms with van der Waals surface area (Å²) in [5.41, 5.74) is 4.69. The molecule has 7 nitrogen and oxygen atoms in total. The lowest BCUT2D eigenvalue weighted by molar-refractivity contribution is -0.00227. The molecule has 8 heteroatoms. The van der Waals surface area contributed by atoms with Crippen LogP contribution in [0, 0.1) is 0 Å². The van der Waals surface area contributed by atoms with Gasteiger partial charge in [-0.2, -0.15) is 5.10 Å². The Hall–Kier alpha value is -2.22. The van der Waals surface area contributed by atoms with Crippen molar-refractivity contribution in [3.8, 4) is 0 Å². The van der Waals surface area contributed by atoms with Crippen LogP contribution in [0.2, 0.25) is 5.02 Å². The topological polar surface area (TPSA) is 74.1 Å². The minimum Gasteiger partial charge on any atom is -0.353 e. The monoisotopic (exact) mass is 359 g/mol. The molecule has 0 radical (unpaired) electrons. The molecule has 1 aromatic carbocycles. The second-order valence-corrected chi connectivity index (χ2v) is 6.41. The maximum atomic E-state index is 6.20. The molecule has 1 fully saturated rings. The molecule has 1 N–H and O–H groups in total. The highest BCUT2D eigenvalue weighted by atomic mass is 35.5. The molecule has 0 amide bonds. The fraction of sp³-hybridized carbons (Fsp3) is 0.353. The largest absolute Gasteiger partial charge is 0.353 e. The normalized spacial score (nSPS) is 20.2. The Kier molecular flexibility index (Phi) is 4.52. The van der Waals surface area contributed by atoms with Crippen molar-refractivity contribution in [2.75, 3.05) is 12.6 Å². The van der Waals surface area contributed by atoms with Crippen molar-refractivity contribution in [3.63, 3.8) is 0 Å². The van der Waals surface area contributed by atoms with Gasteiger partial charge in [-0.05, 0) is 37.0 Å². The van der Waals surface area contributed by atoms with E-state index < -0.39 is 0 Å². The van der Waals surface area contributed by atoms with Crippen LogP contribution in [-0.2, 0) is 16.0 Å². The van der Waals surface area contributed by atoms with Gasteiger partial charge in [-0.25, -0.2) is 20.1 Å². The Bertz CT molecular complexity index is 867. The van der Waals surface area contributed by atoms with Crippen LogP contribution in [0.25, 0.3) is 11.0 Å². The van der Waals surface area contributed by atoms with E-state index in [0.29, 0.717) is 5.82 Å². The SMILES string of the molecule is CONc1ncnc2c1cnn2C1CCC(Cc2ccc(Cl)cc2)O1. The van der Waals surface area contributed by atoms with Gasteiger partial charge in [0.15, 0.2) is 17.7 Å². The molecule has 3 aromatic rings. The molecule has 4 rings (SSSR count). The Morgan fingerprint density at radius 2 is 2.12 bits per heavy atom. The maximum absolute atomic E-state index is 6.20. The minimum atomic E-state index is -0.125. The van der Waals surface area contributed by atoms with Crippen LogP contribution in [0.15, 0.2) is 36.8 Å². The number of hydrogen-bond acceptors (Lipinski definition) is 6. The molecule has 0 bridgehead atoms. The lowest BCUT2D eigenvalue weighted by Gasteiger charge is -2.15. The van der Waals surface area contributed by atoms with E-state index in [-0.39, 0.29) is 12.3 Å². The number of anilines is 1. The number of halogens is 1. The Morgan fingerprint density at radius 1 is 1.28 bits per heavy atom. The van der Waals surface area contributed by atoms with Crippen LogP contribution in [0.5, 0.6) is 0 Å². The highest BCUT2D eigenvalue weighted by molar-refractivity contribution is 6.30. The van der Waals surface area contributed by atoms with Crippen LogP contribution in [-0.4, -0.2) is 33.0 Å². The first-order valence-corrected chi connectivity index (χ1v) is 8.49. The molecule has 3 heterocycles. The van der Waals surface area contributed by atoms with Gasteiger partial charge in [0, 0.05) is 5.02 Å². The highest BCUT2D eigenvalue weighted by Crippen LogP contribution is 2.32. The standard InChI is InChI=1S/C17H18ClN5O2/c1-24-22-16-14-9-21-23(17(14)20-10-19-16)15-7-6-13(25-15)8-11-2-4-12(18)5-3-11/h2-5,9-10,13,15H,6-8H2,1H3,(H,19,20,22). The van der Waals surface area contributed by atoms with Crippen LogP contribution in [0.3, 0.4) is 0 Å². The predicted molar refractivity (Wildman–Crippen MR) is 94.3 cm³/mol. The average Bonchev–Trinajstić information content (AvgIpc) is 3.24. The fourth-order valence-corrected chi connectivity index (χ4v) is 3.28. The summed E-state index contributed by atoms with van der Waals surface area (Å²) >= 11 is 5.94. The molecule has 2 atom stereocenters. The van der Waals surface area contributed by atoms with E-state index in [1.165, 1.54) is 11.9 Å².